The number of aliphatic hydroxyl groups excluding tert-OH is 1. The maximum absolute atomic E-state index is 10.3. The van der Waals surface area contributed by atoms with Crippen molar-refractivity contribution in [2.24, 2.45) is 0 Å². The Bertz CT molecular complexity index is 612. The van der Waals surface area contributed by atoms with Crippen molar-refractivity contribution in [3.05, 3.63) is 69.5 Å². The summed E-state index contributed by atoms with van der Waals surface area (Å²) in [4.78, 5) is 1.78. The van der Waals surface area contributed by atoms with Crippen LogP contribution in [0.25, 0.3) is 6.08 Å². The van der Waals surface area contributed by atoms with E-state index in [1.54, 1.807) is 11.0 Å². The third kappa shape index (κ3) is 3.23. The van der Waals surface area contributed by atoms with E-state index in [-0.39, 0.29) is 5.88 Å². The molecule has 0 bridgehead atoms. The van der Waals surface area contributed by atoms with E-state index in [4.69, 9.17) is 0 Å². The van der Waals surface area contributed by atoms with Gasteiger partial charge in [-0.2, -0.15) is 0 Å². The number of benzene rings is 2. The summed E-state index contributed by atoms with van der Waals surface area (Å²) < 4.78 is 0.977. The Morgan fingerprint density at radius 2 is 1.80 bits per heavy atom. The molecule has 0 aliphatic carbocycles. The molecule has 1 N–H and O–H groups in total. The number of rotatable bonds is 3. The van der Waals surface area contributed by atoms with Gasteiger partial charge in [0, 0.05) is 17.6 Å². The second-order valence-corrected chi connectivity index (χ2v) is 5.74. The standard InChI is InChI=1S/C17H18BrNO/c1-12-9-13(2)17(15(18)10-12)19(3)16(20)11-14-7-5-4-6-8-14/h4-11,20H,1-3H3/b16-11-. The molecule has 0 radical (unpaired) electrons. The van der Waals surface area contributed by atoms with E-state index >= 15 is 0 Å². The molecule has 20 heavy (non-hydrogen) atoms. The molecule has 0 saturated heterocycles. The highest BCUT2D eigenvalue weighted by atomic mass is 79.9. The number of hydrogen-bond donors (Lipinski definition) is 1. The lowest BCUT2D eigenvalue weighted by Gasteiger charge is -2.22. The molecule has 3 heteroatoms. The zero-order valence-corrected chi connectivity index (χ0v) is 13.5. The first-order chi connectivity index (χ1) is 9.49. The summed E-state index contributed by atoms with van der Waals surface area (Å²) in [6.45, 7) is 4.10. The van der Waals surface area contributed by atoms with Gasteiger partial charge in [0.2, 0.25) is 0 Å². The van der Waals surface area contributed by atoms with Crippen molar-refractivity contribution >= 4 is 27.7 Å². The van der Waals surface area contributed by atoms with Crippen molar-refractivity contribution in [3.8, 4) is 0 Å². The third-order valence-corrected chi connectivity index (χ3v) is 3.78. The van der Waals surface area contributed by atoms with Crippen LogP contribution in [-0.2, 0) is 0 Å². The van der Waals surface area contributed by atoms with Gasteiger partial charge in [-0.15, -0.1) is 0 Å². The zero-order valence-electron chi connectivity index (χ0n) is 11.9. The van der Waals surface area contributed by atoms with Crippen LogP contribution in [0.4, 0.5) is 5.69 Å². The molecule has 0 heterocycles. The van der Waals surface area contributed by atoms with Gasteiger partial charge in [0.05, 0.1) is 5.69 Å². The Kier molecular flexibility index (Phi) is 4.50. The van der Waals surface area contributed by atoms with E-state index in [9.17, 15) is 5.11 Å². The van der Waals surface area contributed by atoms with Crippen LogP contribution < -0.4 is 4.90 Å². The molecular formula is C17H18BrNO. The summed E-state index contributed by atoms with van der Waals surface area (Å²) in [6.07, 6.45) is 1.76. The minimum Gasteiger partial charge on any atom is -0.494 e. The number of anilines is 1. The summed E-state index contributed by atoms with van der Waals surface area (Å²) in [5.41, 5.74) is 4.25. The topological polar surface area (TPSA) is 23.5 Å². The van der Waals surface area contributed by atoms with Crippen molar-refractivity contribution in [1.82, 2.24) is 0 Å². The largest absolute Gasteiger partial charge is 0.494 e. The van der Waals surface area contributed by atoms with Gasteiger partial charge in [0.1, 0.15) is 0 Å². The summed E-state index contributed by atoms with van der Waals surface area (Å²) in [6, 6.07) is 13.9. The lowest BCUT2D eigenvalue weighted by atomic mass is 10.1. The molecule has 0 aliphatic heterocycles. The molecule has 2 aromatic carbocycles. The maximum atomic E-state index is 10.3. The van der Waals surface area contributed by atoms with Gasteiger partial charge < -0.3 is 10.0 Å². The van der Waals surface area contributed by atoms with E-state index in [0.29, 0.717) is 0 Å². The van der Waals surface area contributed by atoms with Crippen LogP contribution in [0.15, 0.2) is 52.8 Å². The highest BCUT2D eigenvalue weighted by Crippen LogP contribution is 2.32. The maximum Gasteiger partial charge on any atom is 0.191 e. The minimum atomic E-state index is 0.212. The van der Waals surface area contributed by atoms with Crippen LogP contribution in [0.2, 0.25) is 0 Å². The van der Waals surface area contributed by atoms with Gasteiger partial charge in [-0.05, 0) is 52.5 Å². The predicted molar refractivity (Wildman–Crippen MR) is 89.1 cm³/mol. The molecule has 2 rings (SSSR count). The molecule has 2 nitrogen and oxygen atoms in total. The van der Waals surface area contributed by atoms with E-state index in [1.165, 1.54) is 5.56 Å². The Morgan fingerprint density at radius 3 is 2.40 bits per heavy atom. The fourth-order valence-electron chi connectivity index (χ4n) is 2.24. The number of aryl methyl sites for hydroxylation is 2. The smallest absolute Gasteiger partial charge is 0.191 e. The fraction of sp³-hybridized carbons (Fsp3) is 0.176. The number of nitrogens with zero attached hydrogens (tertiary/aromatic N) is 1. The van der Waals surface area contributed by atoms with E-state index in [1.807, 2.05) is 44.3 Å². The summed E-state index contributed by atoms with van der Waals surface area (Å²) in [5, 5.41) is 10.3. The van der Waals surface area contributed by atoms with Crippen LogP contribution in [0.5, 0.6) is 0 Å². The molecule has 0 aliphatic rings. The number of halogens is 1. The van der Waals surface area contributed by atoms with Crippen molar-refractivity contribution in [2.45, 2.75) is 13.8 Å². The van der Waals surface area contributed by atoms with Gasteiger partial charge in [0.25, 0.3) is 0 Å². The normalized spacial score (nSPS) is 11.5. The second-order valence-electron chi connectivity index (χ2n) is 4.88. The SMILES string of the molecule is Cc1cc(C)c(N(C)/C(O)=C/c2ccccc2)c(Br)c1. The molecule has 0 amide bonds. The molecule has 0 aromatic heterocycles. The van der Waals surface area contributed by atoms with Crippen molar-refractivity contribution in [3.63, 3.8) is 0 Å². The average molecular weight is 332 g/mol. The Labute approximate surface area is 128 Å². The molecule has 0 unspecified atom stereocenters. The molecule has 0 fully saturated rings. The first-order valence-electron chi connectivity index (χ1n) is 6.45. The van der Waals surface area contributed by atoms with Gasteiger partial charge in [-0.25, -0.2) is 0 Å². The number of hydrogen-bond acceptors (Lipinski definition) is 2. The molecule has 0 saturated carbocycles. The summed E-state index contributed by atoms with van der Waals surface area (Å²) in [5.74, 6) is 0.212. The monoisotopic (exact) mass is 331 g/mol. The quantitative estimate of drug-likeness (QED) is 0.794. The van der Waals surface area contributed by atoms with E-state index in [0.717, 1.165) is 21.3 Å². The van der Waals surface area contributed by atoms with Crippen LogP contribution in [0.1, 0.15) is 16.7 Å². The second kappa shape index (κ2) is 6.14. The molecular weight excluding hydrogens is 314 g/mol. The third-order valence-electron chi connectivity index (χ3n) is 3.17. The van der Waals surface area contributed by atoms with Gasteiger partial charge in [-0.1, -0.05) is 36.4 Å². The highest BCUT2D eigenvalue weighted by Gasteiger charge is 2.13. The first kappa shape index (κ1) is 14.7. The van der Waals surface area contributed by atoms with Gasteiger partial charge in [-0.3, -0.25) is 0 Å². The highest BCUT2D eigenvalue weighted by molar-refractivity contribution is 9.10. The van der Waals surface area contributed by atoms with Crippen LogP contribution in [-0.4, -0.2) is 12.2 Å². The lowest BCUT2D eigenvalue weighted by Crippen LogP contribution is -2.17. The molecule has 0 atom stereocenters. The van der Waals surface area contributed by atoms with Gasteiger partial charge in [0.15, 0.2) is 5.88 Å². The first-order valence-corrected chi connectivity index (χ1v) is 7.24. The predicted octanol–water partition coefficient (Wildman–Crippen LogP) is 5.06. The molecule has 104 valence electrons. The summed E-state index contributed by atoms with van der Waals surface area (Å²) in [7, 11) is 1.86. The Hall–Kier alpha value is -1.74. The average Bonchev–Trinajstić information content (AvgIpc) is 2.38. The fourth-order valence-corrected chi connectivity index (χ4v) is 3.18. The summed E-state index contributed by atoms with van der Waals surface area (Å²) >= 11 is 3.57. The Balaban J connectivity index is 2.37. The van der Waals surface area contributed by atoms with Gasteiger partial charge >= 0.3 is 0 Å². The van der Waals surface area contributed by atoms with E-state index < -0.39 is 0 Å². The molecule has 2 aromatic rings. The van der Waals surface area contributed by atoms with Crippen LogP contribution >= 0.6 is 15.9 Å². The minimum absolute atomic E-state index is 0.212. The molecule has 0 spiro atoms. The van der Waals surface area contributed by atoms with Crippen molar-refractivity contribution in [2.75, 3.05) is 11.9 Å². The van der Waals surface area contributed by atoms with Crippen LogP contribution in [0, 0.1) is 13.8 Å². The van der Waals surface area contributed by atoms with Crippen LogP contribution in [0.3, 0.4) is 0 Å². The van der Waals surface area contributed by atoms with Crippen molar-refractivity contribution in [1.29, 1.82) is 0 Å². The zero-order chi connectivity index (χ0) is 14.7. The Morgan fingerprint density at radius 1 is 1.15 bits per heavy atom. The number of aliphatic hydroxyl groups is 1. The van der Waals surface area contributed by atoms with Crippen molar-refractivity contribution < 1.29 is 5.11 Å². The lowest BCUT2D eigenvalue weighted by molar-refractivity contribution is 0.402. The van der Waals surface area contributed by atoms with E-state index in [2.05, 4.69) is 35.0 Å².